The number of allylic oxidation sites excluding steroid dienone is 1. The molecular weight excluding hydrogens is 703 g/mol. The Kier molecular flexibility index (Phi) is 11.9. The van der Waals surface area contributed by atoms with Gasteiger partial charge in [0.1, 0.15) is 22.9 Å². The Labute approximate surface area is 318 Å². The van der Waals surface area contributed by atoms with Gasteiger partial charge in [0.15, 0.2) is 12.4 Å². The van der Waals surface area contributed by atoms with Gasteiger partial charge in [0.2, 0.25) is 0 Å². The van der Waals surface area contributed by atoms with Crippen LogP contribution in [0.4, 0.5) is 19.2 Å². The van der Waals surface area contributed by atoms with Crippen molar-refractivity contribution in [2.45, 2.75) is 26.4 Å². The molecule has 0 spiro atoms. The number of hydrogen-bond acceptors (Lipinski definition) is 6. The van der Waals surface area contributed by atoms with Crippen molar-refractivity contribution < 1.29 is 32.4 Å². The van der Waals surface area contributed by atoms with Crippen molar-refractivity contribution in [3.63, 3.8) is 0 Å². The summed E-state index contributed by atoms with van der Waals surface area (Å²) in [6.07, 6.45) is 1.31. The van der Waals surface area contributed by atoms with Gasteiger partial charge in [-0.3, -0.25) is 13.4 Å². The van der Waals surface area contributed by atoms with E-state index < -0.39 is 19.1 Å². The van der Waals surface area contributed by atoms with Crippen LogP contribution in [-0.2, 0) is 9.53 Å². The first-order chi connectivity index (χ1) is 26.5. The van der Waals surface area contributed by atoms with Gasteiger partial charge in [0.25, 0.3) is 5.91 Å². The first-order valence-electron chi connectivity index (χ1n) is 17.6. The van der Waals surface area contributed by atoms with Crippen molar-refractivity contribution in [1.29, 1.82) is 0 Å². The SMILES string of the molecule is COc1ccc(-c2cc(-c3ccccc3)n(B(F)F)c2/N=C2\N=C(c3ccccc3)C=C2c2ccc(OCC(=O)NCCNC(=O)OC(C)(C)C)cc2)cc1. The molecule has 6 rings (SSSR count). The number of rotatable bonds is 13. The van der Waals surface area contributed by atoms with E-state index in [1.54, 1.807) is 94.6 Å². The second kappa shape index (κ2) is 17.1. The number of amides is 2. The van der Waals surface area contributed by atoms with Gasteiger partial charge in [0.05, 0.1) is 12.8 Å². The Morgan fingerprint density at radius 2 is 1.38 bits per heavy atom. The molecule has 0 bridgehead atoms. The Morgan fingerprint density at radius 1 is 0.782 bits per heavy atom. The molecule has 0 saturated heterocycles. The van der Waals surface area contributed by atoms with Crippen LogP contribution in [-0.4, -0.2) is 67.8 Å². The molecule has 13 heteroatoms. The van der Waals surface area contributed by atoms with Crippen LogP contribution in [0, 0.1) is 0 Å². The monoisotopic (exact) mass is 743 g/mol. The maximum Gasteiger partial charge on any atom is 0.679 e. The number of amidine groups is 1. The Bertz CT molecular complexity index is 2210. The molecule has 0 radical (unpaired) electrons. The van der Waals surface area contributed by atoms with Crippen molar-refractivity contribution in [1.82, 2.24) is 15.1 Å². The van der Waals surface area contributed by atoms with Crippen LogP contribution in [0.15, 0.2) is 131 Å². The summed E-state index contributed by atoms with van der Waals surface area (Å²) >= 11 is 0. The predicted octanol–water partition coefficient (Wildman–Crippen LogP) is 8.24. The maximum atomic E-state index is 15.2. The lowest BCUT2D eigenvalue weighted by Crippen LogP contribution is -2.39. The van der Waals surface area contributed by atoms with Gasteiger partial charge >= 0.3 is 13.5 Å². The molecular formula is C42H40BF2N5O5. The number of methoxy groups -OCH3 is 1. The van der Waals surface area contributed by atoms with E-state index in [2.05, 4.69) is 10.6 Å². The van der Waals surface area contributed by atoms with Crippen LogP contribution in [0.5, 0.6) is 11.5 Å². The molecule has 1 aromatic heterocycles. The van der Waals surface area contributed by atoms with Gasteiger partial charge in [0, 0.05) is 35.5 Å². The van der Waals surface area contributed by atoms with E-state index in [0.29, 0.717) is 50.7 Å². The molecule has 1 aliphatic heterocycles. The van der Waals surface area contributed by atoms with E-state index in [1.165, 1.54) is 0 Å². The van der Waals surface area contributed by atoms with Crippen LogP contribution < -0.4 is 20.1 Å². The second-order valence-electron chi connectivity index (χ2n) is 13.5. The number of aromatic nitrogens is 1. The van der Waals surface area contributed by atoms with Gasteiger partial charge in [-0.2, -0.15) is 0 Å². The zero-order valence-corrected chi connectivity index (χ0v) is 30.9. The molecule has 0 atom stereocenters. The van der Waals surface area contributed by atoms with E-state index >= 15 is 8.63 Å². The standard InChI is InChI=1S/C42H40BF2N5O5/c1-42(2,3)55-41(52)47-24-23-46-38(51)27-54-33-21-17-28(18-22-33)34-25-36(30-11-7-5-8-12-30)48-39(34)49-40-35(29-15-19-32(53-4)20-16-29)26-37(50(40)43(44)45)31-13-9-6-10-14-31/h5-22,25-26H,23-24,27H2,1-4H3,(H,46,51)(H,47,52)/b49-39-. The molecule has 0 unspecified atom stereocenters. The van der Waals surface area contributed by atoms with Crippen molar-refractivity contribution in [2.75, 3.05) is 26.8 Å². The molecule has 0 aliphatic carbocycles. The summed E-state index contributed by atoms with van der Waals surface area (Å²) in [6, 6.07) is 34.5. The minimum absolute atomic E-state index is 0.0465. The minimum Gasteiger partial charge on any atom is -0.497 e. The number of alkyl carbamates (subject to hydrolysis) is 1. The van der Waals surface area contributed by atoms with Crippen molar-refractivity contribution in [3.8, 4) is 33.9 Å². The number of nitrogens with one attached hydrogen (secondary N) is 2. The molecule has 55 heavy (non-hydrogen) atoms. The molecule has 280 valence electrons. The number of nitrogens with zero attached hydrogens (tertiary/aromatic N) is 3. The van der Waals surface area contributed by atoms with Gasteiger partial charge in [-0.15, -0.1) is 0 Å². The highest BCUT2D eigenvalue weighted by Gasteiger charge is 2.30. The third-order valence-electron chi connectivity index (χ3n) is 8.36. The number of hydrogen-bond donors (Lipinski definition) is 2. The summed E-state index contributed by atoms with van der Waals surface area (Å²) in [4.78, 5) is 34.0. The number of carbonyl (C=O) groups is 2. The Balaban J connectivity index is 1.29. The fourth-order valence-corrected chi connectivity index (χ4v) is 5.81. The lowest BCUT2D eigenvalue weighted by molar-refractivity contribution is -0.123. The maximum absolute atomic E-state index is 15.2. The fourth-order valence-electron chi connectivity index (χ4n) is 5.81. The highest BCUT2D eigenvalue weighted by Crippen LogP contribution is 2.41. The average Bonchev–Trinajstić information content (AvgIpc) is 3.78. The lowest BCUT2D eigenvalue weighted by Gasteiger charge is -2.19. The summed E-state index contributed by atoms with van der Waals surface area (Å²) < 4.78 is 47.5. The molecule has 2 N–H and O–H groups in total. The zero-order valence-electron chi connectivity index (χ0n) is 30.9. The molecule has 0 saturated carbocycles. The molecule has 4 aromatic carbocycles. The van der Waals surface area contributed by atoms with E-state index in [0.717, 1.165) is 10.0 Å². The summed E-state index contributed by atoms with van der Waals surface area (Å²) in [7, 11) is -1.35. The normalized spacial score (nSPS) is 13.2. The lowest BCUT2D eigenvalue weighted by atomic mass is 10.0. The van der Waals surface area contributed by atoms with Gasteiger partial charge in [-0.25, -0.2) is 14.8 Å². The highest BCUT2D eigenvalue weighted by molar-refractivity contribution is 6.43. The third-order valence-corrected chi connectivity index (χ3v) is 8.36. The predicted molar refractivity (Wildman–Crippen MR) is 212 cm³/mol. The number of carbonyl (C=O) groups excluding carboxylic acids is 2. The first-order valence-corrected chi connectivity index (χ1v) is 17.6. The minimum atomic E-state index is -2.91. The van der Waals surface area contributed by atoms with Crippen LogP contribution >= 0.6 is 0 Å². The van der Waals surface area contributed by atoms with E-state index in [9.17, 15) is 9.59 Å². The fraction of sp³-hybridized carbons (Fsp3) is 0.190. The number of aliphatic imine (C=N–C) groups is 2. The quantitative estimate of drug-likeness (QED) is 0.0932. The highest BCUT2D eigenvalue weighted by atomic mass is 19.2. The molecule has 1 aliphatic rings. The summed E-state index contributed by atoms with van der Waals surface area (Å²) in [6.45, 7) is 5.44. The molecule has 0 fully saturated rings. The summed E-state index contributed by atoms with van der Waals surface area (Å²) in [5, 5.41) is 5.27. The molecule has 5 aromatic rings. The van der Waals surface area contributed by atoms with Gasteiger partial charge in [-0.1, -0.05) is 84.9 Å². The molecule has 2 heterocycles. The van der Waals surface area contributed by atoms with Crippen molar-refractivity contribution in [2.24, 2.45) is 9.98 Å². The molecule has 10 nitrogen and oxygen atoms in total. The van der Waals surface area contributed by atoms with Crippen molar-refractivity contribution in [3.05, 3.63) is 132 Å². The van der Waals surface area contributed by atoms with Crippen LogP contribution in [0.2, 0.25) is 0 Å². The Hall–Kier alpha value is -6.50. The van der Waals surface area contributed by atoms with Crippen molar-refractivity contribution >= 4 is 42.3 Å². The van der Waals surface area contributed by atoms with Crippen LogP contribution in [0.1, 0.15) is 31.9 Å². The van der Waals surface area contributed by atoms with Gasteiger partial charge < -0.3 is 29.3 Å². The van der Waals surface area contributed by atoms with E-state index in [-0.39, 0.29) is 37.3 Å². The molecule has 2 amide bonds. The largest absolute Gasteiger partial charge is 0.679 e. The van der Waals surface area contributed by atoms with E-state index in [4.69, 9.17) is 24.2 Å². The van der Waals surface area contributed by atoms with Gasteiger partial charge in [-0.05, 0) is 73.9 Å². The number of benzene rings is 4. The van der Waals surface area contributed by atoms with Crippen LogP contribution in [0.3, 0.4) is 0 Å². The number of ether oxygens (including phenoxy) is 3. The zero-order chi connectivity index (χ0) is 39.0. The topological polar surface area (TPSA) is 116 Å². The average molecular weight is 744 g/mol. The second-order valence-corrected chi connectivity index (χ2v) is 13.5. The first kappa shape index (κ1) is 38.2. The summed E-state index contributed by atoms with van der Waals surface area (Å²) in [5.41, 5.74) is 4.26. The summed E-state index contributed by atoms with van der Waals surface area (Å²) in [5.74, 6) is 1.000. The van der Waals surface area contributed by atoms with E-state index in [1.807, 2.05) is 54.6 Å². The third kappa shape index (κ3) is 9.74. The number of halogens is 2. The van der Waals surface area contributed by atoms with Crippen LogP contribution in [0.25, 0.3) is 28.0 Å². The smallest absolute Gasteiger partial charge is 0.497 e. The Morgan fingerprint density at radius 3 is 2.00 bits per heavy atom.